The third kappa shape index (κ3) is 3.74. The Bertz CT molecular complexity index is 486. The van der Waals surface area contributed by atoms with Gasteiger partial charge in [0.05, 0.1) is 12.1 Å². The van der Waals surface area contributed by atoms with Crippen molar-refractivity contribution in [2.75, 3.05) is 25.0 Å². The van der Waals surface area contributed by atoms with Crippen LogP contribution in [0.3, 0.4) is 0 Å². The molecule has 0 aliphatic carbocycles. The molecule has 1 atom stereocenters. The molecule has 1 aromatic carbocycles. The standard InChI is InChI=1S/C14H18F2N2O2/c1-14(20)6-3-7-18(9-14)8-12(19)17-13-10(15)4-2-5-11(13)16/h2,4-5,20H,3,6-9H2,1H3,(H,17,19). The summed E-state index contributed by atoms with van der Waals surface area (Å²) >= 11 is 0. The molecular weight excluding hydrogens is 266 g/mol. The van der Waals surface area contributed by atoms with Crippen molar-refractivity contribution in [2.24, 2.45) is 0 Å². The molecule has 2 N–H and O–H groups in total. The molecule has 1 fully saturated rings. The van der Waals surface area contributed by atoms with Crippen molar-refractivity contribution in [1.29, 1.82) is 0 Å². The summed E-state index contributed by atoms with van der Waals surface area (Å²) in [5, 5.41) is 12.2. The zero-order valence-corrected chi connectivity index (χ0v) is 11.3. The van der Waals surface area contributed by atoms with Gasteiger partial charge in [-0.1, -0.05) is 6.07 Å². The van der Waals surface area contributed by atoms with Crippen LogP contribution in [0.15, 0.2) is 18.2 Å². The second-order valence-corrected chi connectivity index (χ2v) is 5.46. The zero-order valence-electron chi connectivity index (χ0n) is 11.3. The van der Waals surface area contributed by atoms with Gasteiger partial charge in [0.25, 0.3) is 0 Å². The number of likely N-dealkylation sites (tertiary alicyclic amines) is 1. The van der Waals surface area contributed by atoms with Gasteiger partial charge in [0.2, 0.25) is 5.91 Å². The van der Waals surface area contributed by atoms with Gasteiger partial charge in [-0.2, -0.15) is 0 Å². The Balaban J connectivity index is 1.96. The molecule has 1 aromatic rings. The fraction of sp³-hybridized carbons (Fsp3) is 0.500. The highest BCUT2D eigenvalue weighted by Gasteiger charge is 2.29. The predicted octanol–water partition coefficient (Wildman–Crippen LogP) is 1.75. The Morgan fingerprint density at radius 3 is 2.70 bits per heavy atom. The van der Waals surface area contributed by atoms with E-state index in [2.05, 4.69) is 5.32 Å². The minimum atomic E-state index is -0.818. The topological polar surface area (TPSA) is 52.6 Å². The van der Waals surface area contributed by atoms with Crippen molar-refractivity contribution >= 4 is 11.6 Å². The molecule has 20 heavy (non-hydrogen) atoms. The average molecular weight is 284 g/mol. The van der Waals surface area contributed by atoms with E-state index in [1.165, 1.54) is 6.07 Å². The number of anilines is 1. The normalized spacial score (nSPS) is 23.6. The van der Waals surface area contributed by atoms with Gasteiger partial charge in [-0.15, -0.1) is 0 Å². The highest BCUT2D eigenvalue weighted by atomic mass is 19.1. The van der Waals surface area contributed by atoms with Crippen molar-refractivity contribution in [1.82, 2.24) is 4.90 Å². The number of nitrogens with zero attached hydrogens (tertiary/aromatic N) is 1. The van der Waals surface area contributed by atoms with E-state index in [0.29, 0.717) is 19.5 Å². The van der Waals surface area contributed by atoms with E-state index in [9.17, 15) is 18.7 Å². The fourth-order valence-electron chi connectivity index (χ4n) is 2.46. The second kappa shape index (κ2) is 5.85. The lowest BCUT2D eigenvalue weighted by atomic mass is 9.95. The molecule has 0 aromatic heterocycles. The lowest BCUT2D eigenvalue weighted by Crippen LogP contribution is -2.48. The van der Waals surface area contributed by atoms with Crippen LogP contribution in [0, 0.1) is 11.6 Å². The van der Waals surface area contributed by atoms with Gasteiger partial charge >= 0.3 is 0 Å². The fourth-order valence-corrected chi connectivity index (χ4v) is 2.46. The van der Waals surface area contributed by atoms with Crippen LogP contribution >= 0.6 is 0 Å². The van der Waals surface area contributed by atoms with Crippen LogP contribution in [0.25, 0.3) is 0 Å². The van der Waals surface area contributed by atoms with Gasteiger partial charge in [-0.05, 0) is 38.4 Å². The summed E-state index contributed by atoms with van der Waals surface area (Å²) in [6, 6.07) is 3.41. The Hall–Kier alpha value is -1.53. The summed E-state index contributed by atoms with van der Waals surface area (Å²) in [6.45, 7) is 2.78. The van der Waals surface area contributed by atoms with Gasteiger partial charge in [0.15, 0.2) is 0 Å². The number of carbonyl (C=O) groups excluding carboxylic acids is 1. The van der Waals surface area contributed by atoms with E-state index < -0.39 is 28.8 Å². The molecule has 2 rings (SSSR count). The largest absolute Gasteiger partial charge is 0.389 e. The van der Waals surface area contributed by atoms with E-state index in [0.717, 1.165) is 18.6 Å². The number of hydrogen-bond acceptors (Lipinski definition) is 3. The maximum atomic E-state index is 13.4. The molecule has 110 valence electrons. The quantitative estimate of drug-likeness (QED) is 0.889. The summed E-state index contributed by atoms with van der Waals surface area (Å²) in [7, 11) is 0. The van der Waals surface area contributed by atoms with Crippen LogP contribution in [-0.2, 0) is 4.79 Å². The third-order valence-electron chi connectivity index (χ3n) is 3.35. The van der Waals surface area contributed by atoms with Crippen LogP contribution in [-0.4, -0.2) is 41.1 Å². The first-order chi connectivity index (χ1) is 9.37. The molecule has 0 bridgehead atoms. The van der Waals surface area contributed by atoms with Gasteiger partial charge in [0.1, 0.15) is 17.3 Å². The Labute approximate surface area is 116 Å². The second-order valence-electron chi connectivity index (χ2n) is 5.46. The first-order valence-corrected chi connectivity index (χ1v) is 6.56. The molecule has 4 nitrogen and oxygen atoms in total. The zero-order chi connectivity index (χ0) is 14.8. The number of halogens is 2. The van der Waals surface area contributed by atoms with Crippen LogP contribution in [0.4, 0.5) is 14.5 Å². The first-order valence-electron chi connectivity index (χ1n) is 6.56. The Morgan fingerprint density at radius 1 is 1.45 bits per heavy atom. The molecule has 1 aliphatic rings. The van der Waals surface area contributed by atoms with E-state index in [1.54, 1.807) is 11.8 Å². The van der Waals surface area contributed by atoms with Gasteiger partial charge < -0.3 is 10.4 Å². The maximum absolute atomic E-state index is 13.4. The summed E-state index contributed by atoms with van der Waals surface area (Å²) in [5.74, 6) is -2.10. The average Bonchev–Trinajstić information content (AvgIpc) is 2.33. The molecular formula is C14H18F2N2O2. The Morgan fingerprint density at radius 2 is 2.10 bits per heavy atom. The van der Waals surface area contributed by atoms with Crippen molar-refractivity contribution < 1.29 is 18.7 Å². The smallest absolute Gasteiger partial charge is 0.238 e. The SMILES string of the molecule is CC1(O)CCCN(CC(=O)Nc2c(F)cccc2F)C1. The minimum absolute atomic E-state index is 0.00389. The van der Waals surface area contributed by atoms with Crippen LogP contribution < -0.4 is 5.32 Å². The summed E-state index contributed by atoms with van der Waals surface area (Å²) in [5.41, 5.74) is -1.25. The summed E-state index contributed by atoms with van der Waals surface area (Å²) in [6.07, 6.45) is 1.47. The number of β-amino-alcohol motifs (C(OH)–C–C–N with tert-alkyl or cyclic N) is 1. The number of aliphatic hydroxyl groups is 1. The summed E-state index contributed by atoms with van der Waals surface area (Å²) in [4.78, 5) is 13.6. The number of amides is 1. The monoisotopic (exact) mass is 284 g/mol. The van der Waals surface area contributed by atoms with E-state index >= 15 is 0 Å². The maximum Gasteiger partial charge on any atom is 0.238 e. The molecule has 0 spiro atoms. The lowest BCUT2D eigenvalue weighted by molar-refractivity contribution is -0.118. The first kappa shape index (κ1) is 14.9. The third-order valence-corrected chi connectivity index (χ3v) is 3.35. The van der Waals surface area contributed by atoms with E-state index in [-0.39, 0.29) is 6.54 Å². The number of benzene rings is 1. The van der Waals surface area contributed by atoms with Crippen molar-refractivity contribution in [2.45, 2.75) is 25.4 Å². The number of para-hydroxylation sites is 1. The molecule has 1 amide bonds. The Kier molecular flexibility index (Phi) is 4.35. The number of nitrogens with one attached hydrogen (secondary N) is 1. The van der Waals surface area contributed by atoms with Crippen LogP contribution in [0.5, 0.6) is 0 Å². The molecule has 1 unspecified atom stereocenters. The molecule has 1 aliphatic heterocycles. The van der Waals surface area contributed by atoms with Crippen LogP contribution in [0.1, 0.15) is 19.8 Å². The minimum Gasteiger partial charge on any atom is -0.389 e. The highest BCUT2D eigenvalue weighted by molar-refractivity contribution is 5.92. The number of rotatable bonds is 3. The number of piperidine rings is 1. The number of hydrogen-bond donors (Lipinski definition) is 2. The van der Waals surface area contributed by atoms with Gasteiger partial charge in [-0.25, -0.2) is 8.78 Å². The lowest BCUT2D eigenvalue weighted by Gasteiger charge is -2.36. The van der Waals surface area contributed by atoms with Crippen LogP contribution in [0.2, 0.25) is 0 Å². The molecule has 6 heteroatoms. The van der Waals surface area contributed by atoms with E-state index in [4.69, 9.17) is 0 Å². The number of carbonyl (C=O) groups is 1. The van der Waals surface area contributed by atoms with Gasteiger partial charge in [-0.3, -0.25) is 9.69 Å². The molecule has 0 saturated carbocycles. The van der Waals surface area contributed by atoms with E-state index in [1.807, 2.05) is 0 Å². The van der Waals surface area contributed by atoms with Crippen molar-refractivity contribution in [3.05, 3.63) is 29.8 Å². The molecule has 1 heterocycles. The van der Waals surface area contributed by atoms with Gasteiger partial charge in [0, 0.05) is 6.54 Å². The predicted molar refractivity (Wildman–Crippen MR) is 71.3 cm³/mol. The molecule has 1 saturated heterocycles. The van der Waals surface area contributed by atoms with Crippen molar-refractivity contribution in [3.8, 4) is 0 Å². The summed E-state index contributed by atoms with van der Waals surface area (Å²) < 4.78 is 26.8. The van der Waals surface area contributed by atoms with Crippen molar-refractivity contribution in [3.63, 3.8) is 0 Å². The highest BCUT2D eigenvalue weighted by Crippen LogP contribution is 2.21. The molecule has 0 radical (unpaired) electrons.